The van der Waals surface area contributed by atoms with E-state index < -0.39 is 5.97 Å². The molecular weight excluding hydrogens is 292 g/mol. The molecule has 0 amide bonds. The smallest absolute Gasteiger partial charge is 0.335 e. The maximum Gasteiger partial charge on any atom is 0.335 e. The van der Waals surface area contributed by atoms with Crippen molar-refractivity contribution in [1.82, 2.24) is 9.80 Å². The molecule has 1 aromatic carbocycles. The standard InChI is InChI=1S/C18H26N2O3/c1-19-15-5-6-16(19)13-20(11-9-15)10-2-12-23-17-7-3-14(4-8-17)18(21)22/h3-4,7-8,15-16H,2,5-6,9-13H2,1H3,(H,21,22)/t15-,16+/m1/s1. The number of ether oxygens (including phenoxy) is 1. The minimum Gasteiger partial charge on any atom is -0.494 e. The predicted molar refractivity (Wildman–Crippen MR) is 89.1 cm³/mol. The Morgan fingerprint density at radius 2 is 1.96 bits per heavy atom. The summed E-state index contributed by atoms with van der Waals surface area (Å²) in [6.07, 6.45) is 4.99. The number of carbonyl (C=O) groups is 1. The molecule has 2 aliphatic heterocycles. The van der Waals surface area contributed by atoms with Crippen LogP contribution in [0.3, 0.4) is 0 Å². The van der Waals surface area contributed by atoms with Gasteiger partial charge in [-0.2, -0.15) is 0 Å². The van der Waals surface area contributed by atoms with Crippen LogP contribution in [0.5, 0.6) is 5.75 Å². The molecule has 23 heavy (non-hydrogen) atoms. The van der Waals surface area contributed by atoms with E-state index in [1.807, 2.05) is 0 Å². The van der Waals surface area contributed by atoms with E-state index in [0.717, 1.165) is 30.8 Å². The summed E-state index contributed by atoms with van der Waals surface area (Å²) in [4.78, 5) is 15.9. The second-order valence-electron chi connectivity index (χ2n) is 6.67. The molecule has 2 aliphatic rings. The summed E-state index contributed by atoms with van der Waals surface area (Å²) in [5.74, 6) is -0.165. The molecule has 5 heteroatoms. The van der Waals surface area contributed by atoms with Gasteiger partial charge in [-0.05, 0) is 63.5 Å². The SMILES string of the molecule is CN1[C@@H]2CC[C@H]1CN(CCCOc1ccc(C(=O)O)cc1)CC2. The van der Waals surface area contributed by atoms with E-state index in [2.05, 4.69) is 16.8 Å². The molecule has 0 radical (unpaired) electrons. The summed E-state index contributed by atoms with van der Waals surface area (Å²) in [6, 6.07) is 8.13. The predicted octanol–water partition coefficient (Wildman–Crippen LogP) is 2.32. The third-order valence-corrected chi connectivity index (χ3v) is 5.22. The van der Waals surface area contributed by atoms with E-state index in [0.29, 0.717) is 12.2 Å². The molecule has 0 aromatic heterocycles. The maximum absolute atomic E-state index is 10.8. The summed E-state index contributed by atoms with van der Waals surface area (Å²) < 4.78 is 5.72. The highest BCUT2D eigenvalue weighted by molar-refractivity contribution is 5.87. The van der Waals surface area contributed by atoms with Gasteiger partial charge in [0.1, 0.15) is 5.75 Å². The molecular formula is C18H26N2O3. The van der Waals surface area contributed by atoms with Crippen molar-refractivity contribution in [3.05, 3.63) is 29.8 Å². The maximum atomic E-state index is 10.8. The van der Waals surface area contributed by atoms with Crippen LogP contribution in [0.4, 0.5) is 0 Å². The quantitative estimate of drug-likeness (QED) is 0.816. The molecule has 0 saturated carbocycles. The Hall–Kier alpha value is -1.59. The zero-order valence-electron chi connectivity index (χ0n) is 13.8. The number of hydrogen-bond acceptors (Lipinski definition) is 4. The van der Waals surface area contributed by atoms with Crippen LogP contribution in [0, 0.1) is 0 Å². The molecule has 2 fully saturated rings. The number of aromatic carboxylic acids is 1. The molecule has 1 N–H and O–H groups in total. The van der Waals surface area contributed by atoms with Crippen LogP contribution in [-0.2, 0) is 0 Å². The molecule has 2 saturated heterocycles. The lowest BCUT2D eigenvalue weighted by Gasteiger charge is -2.25. The number of carboxylic acids is 1. The highest BCUT2D eigenvalue weighted by Gasteiger charge is 2.34. The lowest BCUT2D eigenvalue weighted by molar-refractivity contribution is 0.0697. The third kappa shape index (κ3) is 4.03. The highest BCUT2D eigenvalue weighted by Crippen LogP contribution is 2.28. The minimum absolute atomic E-state index is 0.293. The zero-order chi connectivity index (χ0) is 16.2. The van der Waals surface area contributed by atoms with Gasteiger partial charge in [-0.25, -0.2) is 4.79 Å². The number of rotatable bonds is 6. The number of carboxylic acid groups (broad SMARTS) is 1. The van der Waals surface area contributed by atoms with Gasteiger partial charge in [0.25, 0.3) is 0 Å². The van der Waals surface area contributed by atoms with E-state index in [9.17, 15) is 4.79 Å². The average molecular weight is 318 g/mol. The van der Waals surface area contributed by atoms with Gasteiger partial charge >= 0.3 is 5.97 Å². The summed E-state index contributed by atoms with van der Waals surface area (Å²) >= 11 is 0. The Morgan fingerprint density at radius 3 is 2.70 bits per heavy atom. The van der Waals surface area contributed by atoms with Crippen molar-refractivity contribution in [1.29, 1.82) is 0 Å². The summed E-state index contributed by atoms with van der Waals surface area (Å²) in [5, 5.41) is 8.87. The first-order valence-corrected chi connectivity index (χ1v) is 8.54. The van der Waals surface area contributed by atoms with E-state index in [-0.39, 0.29) is 0 Å². The Labute approximate surface area is 137 Å². The van der Waals surface area contributed by atoms with Crippen molar-refractivity contribution in [2.45, 2.75) is 37.8 Å². The Balaban J connectivity index is 1.39. The topological polar surface area (TPSA) is 53.0 Å². The lowest BCUT2D eigenvalue weighted by Crippen LogP contribution is -2.37. The van der Waals surface area contributed by atoms with Gasteiger partial charge in [-0.3, -0.25) is 4.90 Å². The fourth-order valence-electron chi connectivity index (χ4n) is 3.75. The fourth-order valence-corrected chi connectivity index (χ4v) is 3.75. The second kappa shape index (κ2) is 7.32. The van der Waals surface area contributed by atoms with Crippen LogP contribution >= 0.6 is 0 Å². The van der Waals surface area contributed by atoms with Crippen LogP contribution < -0.4 is 4.74 Å². The van der Waals surface area contributed by atoms with Crippen LogP contribution in [0.25, 0.3) is 0 Å². The lowest BCUT2D eigenvalue weighted by atomic mass is 10.1. The summed E-state index contributed by atoms with van der Waals surface area (Å²) in [7, 11) is 2.27. The monoisotopic (exact) mass is 318 g/mol. The number of likely N-dealkylation sites (N-methyl/N-ethyl adjacent to an activating group) is 1. The number of hydrogen-bond donors (Lipinski definition) is 1. The summed E-state index contributed by atoms with van der Waals surface area (Å²) in [6.45, 7) is 4.12. The largest absolute Gasteiger partial charge is 0.494 e. The van der Waals surface area contributed by atoms with Gasteiger partial charge in [-0.15, -0.1) is 0 Å². The van der Waals surface area contributed by atoms with Crippen molar-refractivity contribution >= 4 is 5.97 Å². The number of nitrogens with zero attached hydrogens (tertiary/aromatic N) is 2. The van der Waals surface area contributed by atoms with Crippen LogP contribution in [0.2, 0.25) is 0 Å². The number of benzene rings is 1. The molecule has 126 valence electrons. The number of fused-ring (bicyclic) bond motifs is 2. The molecule has 3 rings (SSSR count). The Bertz CT molecular complexity index is 532. The molecule has 1 aromatic rings. The minimum atomic E-state index is -0.906. The molecule has 5 nitrogen and oxygen atoms in total. The van der Waals surface area contributed by atoms with Crippen molar-refractivity contribution in [2.24, 2.45) is 0 Å². The Morgan fingerprint density at radius 1 is 1.22 bits per heavy atom. The number of likely N-dealkylation sites (tertiary alicyclic amines) is 1. The van der Waals surface area contributed by atoms with E-state index in [4.69, 9.17) is 9.84 Å². The normalized spacial score (nSPS) is 25.3. The first-order chi connectivity index (χ1) is 11.1. The summed E-state index contributed by atoms with van der Waals surface area (Å²) in [5.41, 5.74) is 0.293. The van der Waals surface area contributed by atoms with Gasteiger partial charge in [0, 0.05) is 25.2 Å². The van der Waals surface area contributed by atoms with Gasteiger partial charge < -0.3 is 14.7 Å². The molecule has 0 spiro atoms. The van der Waals surface area contributed by atoms with Gasteiger partial charge in [0.05, 0.1) is 12.2 Å². The second-order valence-corrected chi connectivity index (χ2v) is 6.67. The van der Waals surface area contributed by atoms with Crippen LogP contribution in [0.1, 0.15) is 36.0 Å². The average Bonchev–Trinajstić information content (AvgIpc) is 2.79. The third-order valence-electron chi connectivity index (χ3n) is 5.22. The van der Waals surface area contributed by atoms with Crippen molar-refractivity contribution in [3.8, 4) is 5.75 Å². The first-order valence-electron chi connectivity index (χ1n) is 8.54. The molecule has 2 atom stereocenters. The van der Waals surface area contributed by atoms with E-state index in [1.54, 1.807) is 24.3 Å². The molecule has 0 aliphatic carbocycles. The van der Waals surface area contributed by atoms with Gasteiger partial charge in [0.15, 0.2) is 0 Å². The van der Waals surface area contributed by atoms with Crippen molar-refractivity contribution < 1.29 is 14.6 Å². The van der Waals surface area contributed by atoms with Crippen LogP contribution in [0.15, 0.2) is 24.3 Å². The molecule has 2 heterocycles. The highest BCUT2D eigenvalue weighted by atomic mass is 16.5. The van der Waals surface area contributed by atoms with E-state index in [1.165, 1.54) is 32.4 Å². The first kappa shape index (κ1) is 16.3. The Kier molecular flexibility index (Phi) is 5.18. The van der Waals surface area contributed by atoms with Crippen molar-refractivity contribution in [2.75, 3.05) is 33.3 Å². The van der Waals surface area contributed by atoms with Gasteiger partial charge in [-0.1, -0.05) is 0 Å². The fraction of sp³-hybridized carbons (Fsp3) is 0.611. The van der Waals surface area contributed by atoms with Gasteiger partial charge in [0.2, 0.25) is 0 Å². The van der Waals surface area contributed by atoms with Crippen LogP contribution in [-0.4, -0.2) is 66.2 Å². The molecule has 2 bridgehead atoms. The zero-order valence-corrected chi connectivity index (χ0v) is 13.8. The molecule has 0 unspecified atom stereocenters. The van der Waals surface area contributed by atoms with Crippen molar-refractivity contribution in [3.63, 3.8) is 0 Å². The van der Waals surface area contributed by atoms with E-state index >= 15 is 0 Å².